The van der Waals surface area contributed by atoms with E-state index in [0.29, 0.717) is 18.8 Å². The van der Waals surface area contributed by atoms with Crippen LogP contribution in [-0.4, -0.2) is 45.0 Å². The van der Waals surface area contributed by atoms with E-state index in [4.69, 9.17) is 0 Å². The van der Waals surface area contributed by atoms with Gasteiger partial charge in [-0.1, -0.05) is 6.42 Å². The van der Waals surface area contributed by atoms with Crippen molar-refractivity contribution in [1.82, 2.24) is 25.0 Å². The molecule has 3 rings (SSSR count). The second-order valence-corrected chi connectivity index (χ2v) is 6.48. The number of nitrogens with one attached hydrogen (secondary N) is 1. The number of amides is 2. The van der Waals surface area contributed by atoms with Gasteiger partial charge in [0.1, 0.15) is 5.82 Å². The number of carbonyl (C=O) groups excluding carboxylic acids is 1. The number of urea groups is 1. The van der Waals surface area contributed by atoms with E-state index in [1.54, 1.807) is 0 Å². The molecule has 1 saturated heterocycles. The van der Waals surface area contributed by atoms with Crippen LogP contribution in [0.25, 0.3) is 0 Å². The number of aromatic nitrogens is 3. The Kier molecular flexibility index (Phi) is 4.96. The Bertz CT molecular complexity index is 586. The lowest BCUT2D eigenvalue weighted by Crippen LogP contribution is -2.48. The van der Waals surface area contributed by atoms with E-state index in [0.717, 1.165) is 38.1 Å². The van der Waals surface area contributed by atoms with Gasteiger partial charge in [0.15, 0.2) is 5.82 Å². The number of hydrogen-bond acceptors (Lipinski definition) is 3. The number of piperidine rings is 1. The molecule has 1 aromatic heterocycles. The number of nitrogens with zero attached hydrogens (tertiary/aromatic N) is 4. The van der Waals surface area contributed by atoms with Gasteiger partial charge in [0.2, 0.25) is 0 Å². The highest BCUT2D eigenvalue weighted by atomic mass is 19.4. The molecule has 0 bridgehead atoms. The van der Waals surface area contributed by atoms with E-state index in [1.165, 1.54) is 4.90 Å². The van der Waals surface area contributed by atoms with Gasteiger partial charge in [-0.15, -0.1) is 10.2 Å². The molecular weight excluding hydrogens is 323 g/mol. The average Bonchev–Trinajstić information content (AvgIpc) is 2.78. The van der Waals surface area contributed by atoms with Gasteiger partial charge in [-0.2, -0.15) is 13.2 Å². The third-order valence-corrected chi connectivity index (χ3v) is 4.76. The second kappa shape index (κ2) is 6.98. The lowest BCUT2D eigenvalue weighted by molar-refractivity contribution is -0.184. The van der Waals surface area contributed by atoms with E-state index in [-0.39, 0.29) is 19.5 Å². The van der Waals surface area contributed by atoms with Crippen LogP contribution in [-0.2, 0) is 19.5 Å². The fraction of sp³-hybridized carbons (Fsp3) is 0.800. The number of alkyl halides is 3. The minimum atomic E-state index is -4.25. The van der Waals surface area contributed by atoms with Crippen LogP contribution >= 0.6 is 0 Å². The largest absolute Gasteiger partial charge is 0.393 e. The van der Waals surface area contributed by atoms with Gasteiger partial charge in [-0.3, -0.25) is 0 Å². The molecule has 1 atom stereocenters. The normalized spacial score (nSPS) is 22.0. The van der Waals surface area contributed by atoms with Crippen molar-refractivity contribution in [2.45, 2.75) is 57.8 Å². The van der Waals surface area contributed by atoms with E-state index >= 15 is 0 Å². The topological polar surface area (TPSA) is 63.1 Å². The van der Waals surface area contributed by atoms with Crippen LogP contribution < -0.4 is 5.32 Å². The summed E-state index contributed by atoms with van der Waals surface area (Å²) in [6, 6.07) is -0.463. The molecule has 0 saturated carbocycles. The summed E-state index contributed by atoms with van der Waals surface area (Å²) in [7, 11) is 0. The molecule has 0 radical (unpaired) electrons. The molecule has 2 aliphatic rings. The van der Waals surface area contributed by atoms with Crippen LogP contribution in [0.4, 0.5) is 18.0 Å². The minimum Gasteiger partial charge on any atom is -0.331 e. The number of carbonyl (C=O) groups is 1. The van der Waals surface area contributed by atoms with Gasteiger partial charge in [-0.25, -0.2) is 4.79 Å². The average molecular weight is 345 g/mol. The lowest BCUT2D eigenvalue weighted by Gasteiger charge is -2.33. The number of aryl methyl sites for hydroxylation is 1. The Morgan fingerprint density at radius 3 is 2.79 bits per heavy atom. The molecule has 24 heavy (non-hydrogen) atoms. The third kappa shape index (κ3) is 3.81. The highest BCUT2D eigenvalue weighted by molar-refractivity contribution is 5.74. The Hall–Kier alpha value is -1.80. The molecule has 1 unspecified atom stereocenters. The standard InChI is InChI=1S/C15H22F3N5O/c16-15(17,18)11-5-4-7-22(10-11)14(24)19-9-13-21-20-12-6-2-1-3-8-23(12)13/h11H,1-10H2,(H,19,24). The van der Waals surface area contributed by atoms with Crippen molar-refractivity contribution in [1.29, 1.82) is 0 Å². The monoisotopic (exact) mass is 345 g/mol. The maximum atomic E-state index is 12.8. The minimum absolute atomic E-state index is 0.0883. The van der Waals surface area contributed by atoms with Crippen LogP contribution in [0.15, 0.2) is 0 Å². The van der Waals surface area contributed by atoms with Gasteiger partial charge < -0.3 is 14.8 Å². The lowest BCUT2D eigenvalue weighted by atomic mass is 9.98. The summed E-state index contributed by atoms with van der Waals surface area (Å²) in [5.74, 6) is 0.165. The Morgan fingerprint density at radius 2 is 2.00 bits per heavy atom. The highest BCUT2D eigenvalue weighted by Gasteiger charge is 2.42. The van der Waals surface area contributed by atoms with Crippen molar-refractivity contribution in [3.05, 3.63) is 11.6 Å². The number of halogens is 3. The Balaban J connectivity index is 1.57. The van der Waals surface area contributed by atoms with Crippen molar-refractivity contribution in [2.24, 2.45) is 5.92 Å². The molecule has 2 aliphatic heterocycles. The van der Waals surface area contributed by atoms with Crippen LogP contribution in [0.1, 0.15) is 43.8 Å². The Morgan fingerprint density at radius 1 is 1.17 bits per heavy atom. The van der Waals surface area contributed by atoms with Crippen LogP contribution in [0, 0.1) is 5.92 Å². The fourth-order valence-corrected chi connectivity index (χ4v) is 3.37. The van der Waals surface area contributed by atoms with Crippen molar-refractivity contribution in [3.8, 4) is 0 Å². The first-order valence-corrected chi connectivity index (χ1v) is 8.45. The fourth-order valence-electron chi connectivity index (χ4n) is 3.37. The summed E-state index contributed by atoms with van der Waals surface area (Å²) in [6.07, 6.45) is 0.358. The molecule has 9 heteroatoms. The molecule has 0 aromatic carbocycles. The maximum Gasteiger partial charge on any atom is 0.393 e. The molecule has 3 heterocycles. The predicted molar refractivity (Wildman–Crippen MR) is 80.2 cm³/mol. The number of hydrogen-bond donors (Lipinski definition) is 1. The van der Waals surface area contributed by atoms with Crippen molar-refractivity contribution in [3.63, 3.8) is 0 Å². The summed E-state index contributed by atoms with van der Waals surface area (Å²) in [5.41, 5.74) is 0. The van der Waals surface area contributed by atoms with Gasteiger partial charge in [0, 0.05) is 26.1 Å². The zero-order valence-electron chi connectivity index (χ0n) is 13.5. The number of fused-ring (bicyclic) bond motifs is 1. The first-order chi connectivity index (χ1) is 11.4. The number of likely N-dealkylation sites (tertiary alicyclic amines) is 1. The predicted octanol–water partition coefficient (Wildman–Crippen LogP) is 2.49. The summed E-state index contributed by atoms with van der Waals surface area (Å²) in [6.45, 7) is 1.11. The van der Waals surface area contributed by atoms with Gasteiger partial charge in [0.25, 0.3) is 0 Å². The molecule has 2 amide bonds. The van der Waals surface area contributed by atoms with E-state index in [9.17, 15) is 18.0 Å². The summed E-state index contributed by atoms with van der Waals surface area (Å²) in [4.78, 5) is 13.4. The number of rotatable bonds is 2. The smallest absolute Gasteiger partial charge is 0.331 e. The highest BCUT2D eigenvalue weighted by Crippen LogP contribution is 2.33. The van der Waals surface area contributed by atoms with E-state index in [2.05, 4.69) is 15.5 Å². The van der Waals surface area contributed by atoms with E-state index in [1.807, 2.05) is 4.57 Å². The van der Waals surface area contributed by atoms with Crippen molar-refractivity contribution < 1.29 is 18.0 Å². The molecule has 1 aromatic rings. The van der Waals surface area contributed by atoms with Crippen LogP contribution in [0.5, 0.6) is 0 Å². The maximum absolute atomic E-state index is 12.8. The molecule has 0 spiro atoms. The molecule has 134 valence electrons. The molecular formula is C15H22F3N5O. The third-order valence-electron chi connectivity index (χ3n) is 4.76. The Labute approximate surface area is 138 Å². The van der Waals surface area contributed by atoms with E-state index < -0.39 is 18.1 Å². The zero-order valence-corrected chi connectivity index (χ0v) is 13.5. The summed E-state index contributed by atoms with van der Waals surface area (Å²) >= 11 is 0. The second-order valence-electron chi connectivity index (χ2n) is 6.48. The first-order valence-electron chi connectivity index (χ1n) is 8.45. The zero-order chi connectivity index (χ0) is 17.2. The van der Waals surface area contributed by atoms with Crippen molar-refractivity contribution >= 4 is 6.03 Å². The van der Waals surface area contributed by atoms with Crippen molar-refractivity contribution in [2.75, 3.05) is 13.1 Å². The SMILES string of the molecule is O=C(NCc1nnc2n1CCCCC2)N1CCCC(C(F)(F)F)C1. The quantitative estimate of drug-likeness (QED) is 0.896. The molecule has 6 nitrogen and oxygen atoms in total. The first kappa shape index (κ1) is 17.0. The molecule has 0 aliphatic carbocycles. The van der Waals surface area contributed by atoms with Crippen LogP contribution in [0.3, 0.4) is 0 Å². The van der Waals surface area contributed by atoms with Gasteiger partial charge >= 0.3 is 12.2 Å². The summed E-state index contributed by atoms with van der Waals surface area (Å²) in [5, 5.41) is 11.0. The summed E-state index contributed by atoms with van der Waals surface area (Å²) < 4.78 is 40.5. The van der Waals surface area contributed by atoms with Gasteiger partial charge in [-0.05, 0) is 25.7 Å². The molecule has 1 fully saturated rings. The van der Waals surface area contributed by atoms with Gasteiger partial charge in [0.05, 0.1) is 12.5 Å². The molecule has 1 N–H and O–H groups in total. The van der Waals surface area contributed by atoms with Crippen LogP contribution in [0.2, 0.25) is 0 Å².